The van der Waals surface area contributed by atoms with Crippen molar-refractivity contribution in [3.05, 3.63) is 35.9 Å². The number of benzene rings is 1. The zero-order chi connectivity index (χ0) is 14.8. The highest BCUT2D eigenvalue weighted by Gasteiger charge is 2.10. The van der Waals surface area contributed by atoms with Crippen molar-refractivity contribution >= 4 is 18.0 Å². The number of esters is 2. The molecule has 0 saturated heterocycles. The molecule has 0 radical (unpaired) electrons. The molecule has 0 atom stereocenters. The van der Waals surface area contributed by atoms with Gasteiger partial charge >= 0.3 is 18.0 Å². The Hall–Kier alpha value is -2.37. The largest absolute Gasteiger partial charge is 0.441 e. The highest BCUT2D eigenvalue weighted by molar-refractivity contribution is 5.89. The van der Waals surface area contributed by atoms with Gasteiger partial charge in [0.05, 0.1) is 5.56 Å². The average Bonchev–Trinajstić information content (AvgIpc) is 2.45. The van der Waals surface area contributed by atoms with Gasteiger partial charge in [-0.25, -0.2) is 9.59 Å². The number of nitrogens with one attached hydrogen (secondary N) is 1. The van der Waals surface area contributed by atoms with Gasteiger partial charge in [0, 0.05) is 6.42 Å². The topological polar surface area (TPSA) is 81.7 Å². The highest BCUT2D eigenvalue weighted by atomic mass is 16.6. The van der Waals surface area contributed by atoms with Gasteiger partial charge in [0.25, 0.3) is 0 Å². The second-order valence-electron chi connectivity index (χ2n) is 3.98. The number of ether oxygens (including phenoxy) is 2. The van der Waals surface area contributed by atoms with E-state index in [0.29, 0.717) is 12.0 Å². The lowest BCUT2D eigenvalue weighted by Gasteiger charge is -2.06. The van der Waals surface area contributed by atoms with E-state index in [1.165, 1.54) is 0 Å². The maximum Gasteiger partial charge on any atom is 0.417 e. The van der Waals surface area contributed by atoms with Crippen LogP contribution in [-0.4, -0.2) is 24.8 Å². The van der Waals surface area contributed by atoms with Crippen LogP contribution in [0.1, 0.15) is 36.5 Å². The van der Waals surface area contributed by atoms with E-state index in [4.69, 9.17) is 4.74 Å². The second-order valence-corrected chi connectivity index (χ2v) is 3.98. The Bertz CT molecular complexity index is 458. The Kier molecular flexibility index (Phi) is 6.81. The summed E-state index contributed by atoms with van der Waals surface area (Å²) < 4.78 is 9.26. The molecule has 1 amide bonds. The Labute approximate surface area is 117 Å². The number of hydrogen-bond donors (Lipinski definition) is 1. The van der Waals surface area contributed by atoms with Gasteiger partial charge in [-0.15, -0.1) is 0 Å². The molecule has 0 fully saturated rings. The minimum Gasteiger partial charge on any atom is -0.441 e. The summed E-state index contributed by atoms with van der Waals surface area (Å²) in [7, 11) is 0. The summed E-state index contributed by atoms with van der Waals surface area (Å²) in [6.07, 6.45) is 0.765. The summed E-state index contributed by atoms with van der Waals surface area (Å²) in [6.45, 7) is 1.57. The summed E-state index contributed by atoms with van der Waals surface area (Å²) >= 11 is 0. The van der Waals surface area contributed by atoms with E-state index in [0.717, 1.165) is 6.42 Å². The molecule has 0 aliphatic heterocycles. The van der Waals surface area contributed by atoms with E-state index in [-0.39, 0.29) is 13.2 Å². The van der Waals surface area contributed by atoms with E-state index in [1.807, 2.05) is 6.92 Å². The van der Waals surface area contributed by atoms with Gasteiger partial charge < -0.3 is 9.47 Å². The number of amides is 1. The maximum absolute atomic E-state index is 11.5. The molecule has 1 N–H and O–H groups in total. The van der Waals surface area contributed by atoms with Crippen LogP contribution in [0.15, 0.2) is 30.3 Å². The number of rotatable bonds is 6. The van der Waals surface area contributed by atoms with Crippen molar-refractivity contribution < 1.29 is 23.9 Å². The van der Waals surface area contributed by atoms with Crippen LogP contribution in [-0.2, 0) is 14.3 Å². The first-order valence-electron chi connectivity index (χ1n) is 6.34. The second kappa shape index (κ2) is 8.68. The van der Waals surface area contributed by atoms with Crippen LogP contribution in [0.4, 0.5) is 4.79 Å². The van der Waals surface area contributed by atoms with Crippen LogP contribution < -0.4 is 5.32 Å². The molecule has 0 bridgehead atoms. The predicted octanol–water partition coefficient (Wildman–Crippen LogP) is 2.24. The van der Waals surface area contributed by atoms with E-state index in [1.54, 1.807) is 30.3 Å². The lowest BCUT2D eigenvalue weighted by Crippen LogP contribution is -2.30. The van der Waals surface area contributed by atoms with E-state index in [9.17, 15) is 14.4 Å². The van der Waals surface area contributed by atoms with Gasteiger partial charge in [0.1, 0.15) is 0 Å². The Morgan fingerprint density at radius 2 is 1.85 bits per heavy atom. The molecule has 0 saturated carbocycles. The summed E-state index contributed by atoms with van der Waals surface area (Å²) in [5, 5.41) is 2.17. The molecule has 1 aromatic rings. The first-order chi connectivity index (χ1) is 9.63. The zero-order valence-corrected chi connectivity index (χ0v) is 11.3. The van der Waals surface area contributed by atoms with Crippen molar-refractivity contribution in [2.45, 2.75) is 26.2 Å². The quantitative estimate of drug-likeness (QED) is 0.490. The van der Waals surface area contributed by atoms with Crippen LogP contribution in [0.5, 0.6) is 0 Å². The number of carbonyl (C=O) groups excluding carboxylic acids is 3. The molecule has 6 nitrogen and oxygen atoms in total. The van der Waals surface area contributed by atoms with Crippen LogP contribution in [0.25, 0.3) is 0 Å². The van der Waals surface area contributed by atoms with Crippen LogP contribution in [0, 0.1) is 0 Å². The van der Waals surface area contributed by atoms with Crippen molar-refractivity contribution in [1.82, 2.24) is 5.32 Å². The van der Waals surface area contributed by atoms with Crippen molar-refractivity contribution in [2.24, 2.45) is 0 Å². The van der Waals surface area contributed by atoms with E-state index >= 15 is 0 Å². The molecule has 20 heavy (non-hydrogen) atoms. The third-order valence-electron chi connectivity index (χ3n) is 2.37. The molecule has 0 aliphatic carbocycles. The maximum atomic E-state index is 11.5. The summed E-state index contributed by atoms with van der Waals surface area (Å²) in [6, 6.07) is 8.35. The minimum atomic E-state index is -0.924. The van der Waals surface area contributed by atoms with Gasteiger partial charge in [-0.05, 0) is 18.6 Å². The van der Waals surface area contributed by atoms with Crippen molar-refractivity contribution in [2.75, 3.05) is 6.73 Å². The molecule has 0 spiro atoms. The molecule has 6 heteroatoms. The molecule has 0 aromatic heterocycles. The molecular formula is C14H17NO5. The van der Waals surface area contributed by atoms with Crippen molar-refractivity contribution in [1.29, 1.82) is 0 Å². The smallest absolute Gasteiger partial charge is 0.417 e. The van der Waals surface area contributed by atoms with Gasteiger partial charge in [0.2, 0.25) is 0 Å². The Morgan fingerprint density at radius 3 is 2.50 bits per heavy atom. The lowest BCUT2D eigenvalue weighted by atomic mass is 10.2. The van der Waals surface area contributed by atoms with Crippen LogP contribution in [0.3, 0.4) is 0 Å². The first-order valence-corrected chi connectivity index (χ1v) is 6.34. The number of carbonyl (C=O) groups is 3. The molecule has 1 rings (SSSR count). The van der Waals surface area contributed by atoms with Gasteiger partial charge in [-0.2, -0.15) is 0 Å². The molecule has 0 heterocycles. The molecular weight excluding hydrogens is 262 g/mol. The Morgan fingerprint density at radius 1 is 1.15 bits per heavy atom. The average molecular weight is 279 g/mol. The minimum absolute atomic E-state index is 0.188. The number of unbranched alkanes of at least 4 members (excludes halogenated alkanes) is 1. The van der Waals surface area contributed by atoms with E-state index < -0.39 is 18.0 Å². The first kappa shape index (κ1) is 15.7. The molecule has 0 aliphatic rings. The third-order valence-corrected chi connectivity index (χ3v) is 2.37. The normalized spacial score (nSPS) is 9.65. The van der Waals surface area contributed by atoms with Crippen LogP contribution >= 0.6 is 0 Å². The Balaban J connectivity index is 2.22. The SMILES string of the molecule is CCCCC(=O)OC(=O)NCOC(=O)c1ccccc1. The molecule has 108 valence electrons. The third kappa shape index (κ3) is 5.99. The van der Waals surface area contributed by atoms with Gasteiger partial charge in [-0.1, -0.05) is 31.5 Å². The zero-order valence-electron chi connectivity index (χ0n) is 11.3. The number of hydrogen-bond acceptors (Lipinski definition) is 5. The highest BCUT2D eigenvalue weighted by Crippen LogP contribution is 2.00. The lowest BCUT2D eigenvalue weighted by molar-refractivity contribution is -0.137. The van der Waals surface area contributed by atoms with Crippen molar-refractivity contribution in [3.8, 4) is 0 Å². The van der Waals surface area contributed by atoms with Crippen LogP contribution in [0.2, 0.25) is 0 Å². The van der Waals surface area contributed by atoms with Crippen molar-refractivity contribution in [3.63, 3.8) is 0 Å². The summed E-state index contributed by atoms with van der Waals surface area (Å²) in [5.74, 6) is -1.16. The fourth-order valence-electron chi connectivity index (χ4n) is 1.33. The predicted molar refractivity (Wildman–Crippen MR) is 70.9 cm³/mol. The fraction of sp³-hybridized carbons (Fsp3) is 0.357. The fourth-order valence-corrected chi connectivity index (χ4v) is 1.33. The van der Waals surface area contributed by atoms with Gasteiger partial charge in [0.15, 0.2) is 6.73 Å². The number of alkyl carbamates (subject to hydrolysis) is 1. The standard InChI is InChI=1S/C14H17NO5/c1-2-3-9-12(16)20-14(18)15-10-19-13(17)11-7-5-4-6-8-11/h4-8H,2-3,9-10H2,1H3,(H,15,18). The van der Waals surface area contributed by atoms with Gasteiger partial charge in [-0.3, -0.25) is 10.1 Å². The molecule has 0 unspecified atom stereocenters. The summed E-state index contributed by atoms with van der Waals surface area (Å²) in [4.78, 5) is 33.8. The molecule has 1 aromatic carbocycles. The monoisotopic (exact) mass is 279 g/mol. The summed E-state index contributed by atoms with van der Waals surface area (Å²) in [5.41, 5.74) is 0.377. The van der Waals surface area contributed by atoms with E-state index in [2.05, 4.69) is 10.1 Å².